The molecule has 2 aliphatic heterocycles. The normalized spacial score (nSPS) is 29.2. The van der Waals surface area contributed by atoms with Crippen molar-refractivity contribution in [3.63, 3.8) is 0 Å². The molecule has 7 nitrogen and oxygen atoms in total. The number of carbonyl (C=O) groups is 3. The number of hydrogen-bond donors (Lipinski definition) is 1. The number of rotatable bonds is 6. The van der Waals surface area contributed by atoms with Crippen molar-refractivity contribution >= 4 is 23.5 Å². The van der Waals surface area contributed by atoms with E-state index in [4.69, 9.17) is 4.74 Å². The highest BCUT2D eigenvalue weighted by molar-refractivity contribution is 6.09. The van der Waals surface area contributed by atoms with Crippen molar-refractivity contribution in [1.29, 1.82) is 0 Å². The van der Waals surface area contributed by atoms with Crippen LogP contribution in [0.15, 0.2) is 24.3 Å². The zero-order valence-electron chi connectivity index (χ0n) is 17.2. The van der Waals surface area contributed by atoms with Gasteiger partial charge in [0.15, 0.2) is 0 Å². The Kier molecular flexibility index (Phi) is 5.48. The minimum Gasteiger partial charge on any atom is -0.465 e. The number of hydrogen-bond acceptors (Lipinski definition) is 6. The highest BCUT2D eigenvalue weighted by Crippen LogP contribution is 2.50. The van der Waals surface area contributed by atoms with E-state index < -0.39 is 29.4 Å². The van der Waals surface area contributed by atoms with Gasteiger partial charge in [-0.25, -0.2) is 0 Å². The van der Waals surface area contributed by atoms with E-state index in [1.165, 1.54) is 4.90 Å². The van der Waals surface area contributed by atoms with E-state index in [2.05, 4.69) is 5.32 Å². The van der Waals surface area contributed by atoms with Crippen LogP contribution in [-0.4, -0.2) is 55.5 Å². The van der Waals surface area contributed by atoms with Crippen LogP contribution in [0, 0.1) is 11.8 Å². The predicted molar refractivity (Wildman–Crippen MR) is 106 cm³/mol. The van der Waals surface area contributed by atoms with Gasteiger partial charge in [-0.05, 0) is 38.0 Å². The number of likely N-dealkylation sites (tertiary alicyclic amines) is 1. The Labute approximate surface area is 166 Å². The van der Waals surface area contributed by atoms with Gasteiger partial charge in [0.05, 0.1) is 18.4 Å². The van der Waals surface area contributed by atoms with Crippen molar-refractivity contribution in [2.75, 3.05) is 32.1 Å². The second-order valence-corrected chi connectivity index (χ2v) is 7.58. The fraction of sp³-hybridized carbons (Fsp3) is 0.571. The van der Waals surface area contributed by atoms with E-state index in [9.17, 15) is 14.4 Å². The summed E-state index contributed by atoms with van der Waals surface area (Å²) in [5.74, 6) is -2.32. The third kappa shape index (κ3) is 2.89. The molecule has 2 amide bonds. The third-order valence-corrected chi connectivity index (χ3v) is 6.03. The van der Waals surface area contributed by atoms with E-state index in [0.717, 1.165) is 11.3 Å². The molecule has 1 aromatic rings. The molecule has 0 aliphatic carbocycles. The topological polar surface area (TPSA) is 79.0 Å². The van der Waals surface area contributed by atoms with E-state index >= 15 is 0 Å². The van der Waals surface area contributed by atoms with Gasteiger partial charge in [-0.3, -0.25) is 24.6 Å². The molecule has 152 valence electrons. The number of fused-ring (bicyclic) bond motifs is 1. The van der Waals surface area contributed by atoms with Gasteiger partial charge >= 0.3 is 5.97 Å². The Morgan fingerprint density at radius 1 is 1.14 bits per heavy atom. The second-order valence-electron chi connectivity index (χ2n) is 7.58. The lowest BCUT2D eigenvalue weighted by Gasteiger charge is -2.31. The van der Waals surface area contributed by atoms with E-state index in [-0.39, 0.29) is 18.4 Å². The standard InChI is InChI=1S/C21H29N3O4/c1-6-21(20(27)28-8-3)16-15(18(25)24(7-2)19(16)26)17(22-21)13-9-11-14(12-10-13)23(4)5/h9-12,15-17,22H,6-8H2,1-5H3/t15-,16-,17-,21-/m0/s1. The number of amides is 2. The van der Waals surface area contributed by atoms with Gasteiger partial charge < -0.3 is 9.64 Å². The first-order valence-electron chi connectivity index (χ1n) is 9.89. The third-order valence-electron chi connectivity index (χ3n) is 6.03. The maximum absolute atomic E-state index is 13.1. The Balaban J connectivity index is 2.08. The minimum atomic E-state index is -1.19. The zero-order valence-corrected chi connectivity index (χ0v) is 17.2. The zero-order chi connectivity index (χ0) is 20.6. The first-order valence-corrected chi connectivity index (χ1v) is 9.89. The molecule has 0 aromatic heterocycles. The monoisotopic (exact) mass is 387 g/mol. The lowest BCUT2D eigenvalue weighted by molar-refractivity contribution is -0.156. The molecule has 28 heavy (non-hydrogen) atoms. The average Bonchev–Trinajstić information content (AvgIpc) is 3.16. The molecule has 0 bridgehead atoms. The summed E-state index contributed by atoms with van der Waals surface area (Å²) in [6.07, 6.45) is 0.371. The number of ether oxygens (including phenoxy) is 1. The number of nitrogens with one attached hydrogen (secondary N) is 1. The number of esters is 1. The summed E-state index contributed by atoms with van der Waals surface area (Å²) in [6.45, 7) is 5.90. The van der Waals surface area contributed by atoms with E-state index in [1.807, 2.05) is 50.2 Å². The van der Waals surface area contributed by atoms with Crippen LogP contribution in [-0.2, 0) is 19.1 Å². The smallest absolute Gasteiger partial charge is 0.327 e. The van der Waals surface area contributed by atoms with Gasteiger partial charge in [-0.1, -0.05) is 19.1 Å². The molecule has 1 aromatic carbocycles. The number of anilines is 1. The first-order chi connectivity index (χ1) is 13.3. The maximum Gasteiger partial charge on any atom is 0.327 e. The SMILES string of the molecule is CCOC(=O)[C@@]1(CC)N[C@@H](c2ccc(N(C)C)cc2)[C@H]2C(=O)N(CC)C(=O)[C@H]21. The van der Waals surface area contributed by atoms with Crippen molar-refractivity contribution in [1.82, 2.24) is 10.2 Å². The van der Waals surface area contributed by atoms with Gasteiger partial charge in [0.2, 0.25) is 11.8 Å². The summed E-state index contributed by atoms with van der Waals surface area (Å²) in [7, 11) is 3.92. The molecule has 2 heterocycles. The number of imide groups is 1. The Morgan fingerprint density at radius 3 is 2.29 bits per heavy atom. The van der Waals surface area contributed by atoms with E-state index in [0.29, 0.717) is 13.0 Å². The van der Waals surface area contributed by atoms with Gasteiger partial charge in [0.25, 0.3) is 0 Å². The van der Waals surface area contributed by atoms with Crippen LogP contribution < -0.4 is 10.2 Å². The van der Waals surface area contributed by atoms with Crippen molar-refractivity contribution in [3.8, 4) is 0 Å². The molecule has 0 spiro atoms. The van der Waals surface area contributed by atoms with Crippen molar-refractivity contribution < 1.29 is 19.1 Å². The predicted octanol–water partition coefficient (Wildman–Crippen LogP) is 1.73. The fourth-order valence-electron chi connectivity index (χ4n) is 4.56. The summed E-state index contributed by atoms with van der Waals surface area (Å²) in [5.41, 5.74) is 0.733. The first kappa shape index (κ1) is 20.3. The summed E-state index contributed by atoms with van der Waals surface area (Å²) in [4.78, 5) is 42.4. The number of benzene rings is 1. The Bertz CT molecular complexity index is 776. The van der Waals surface area contributed by atoms with Crippen LogP contribution in [0.5, 0.6) is 0 Å². The minimum absolute atomic E-state index is 0.216. The van der Waals surface area contributed by atoms with Crippen LogP contribution in [0.2, 0.25) is 0 Å². The molecule has 4 atom stereocenters. The average molecular weight is 387 g/mol. The summed E-state index contributed by atoms with van der Waals surface area (Å²) in [5, 5.41) is 3.35. The van der Waals surface area contributed by atoms with Crippen molar-refractivity contribution in [3.05, 3.63) is 29.8 Å². The quantitative estimate of drug-likeness (QED) is 0.592. The Hall–Kier alpha value is -2.41. The largest absolute Gasteiger partial charge is 0.465 e. The fourth-order valence-corrected chi connectivity index (χ4v) is 4.56. The van der Waals surface area contributed by atoms with Gasteiger partial charge in [0.1, 0.15) is 5.54 Å². The molecule has 2 fully saturated rings. The van der Waals surface area contributed by atoms with Gasteiger partial charge in [-0.2, -0.15) is 0 Å². The highest BCUT2D eigenvalue weighted by atomic mass is 16.5. The van der Waals surface area contributed by atoms with Crippen LogP contribution in [0.3, 0.4) is 0 Å². The lowest BCUT2D eigenvalue weighted by atomic mass is 9.78. The molecule has 7 heteroatoms. The molecule has 2 aliphatic rings. The molecule has 1 N–H and O–H groups in total. The van der Waals surface area contributed by atoms with Crippen molar-refractivity contribution in [2.45, 2.75) is 38.8 Å². The van der Waals surface area contributed by atoms with Crippen LogP contribution in [0.4, 0.5) is 5.69 Å². The summed E-state index contributed by atoms with van der Waals surface area (Å²) >= 11 is 0. The molecule has 0 unspecified atom stereocenters. The number of nitrogens with zero attached hydrogens (tertiary/aromatic N) is 2. The van der Waals surface area contributed by atoms with Gasteiger partial charge in [-0.15, -0.1) is 0 Å². The van der Waals surface area contributed by atoms with E-state index in [1.54, 1.807) is 13.8 Å². The summed E-state index contributed by atoms with van der Waals surface area (Å²) in [6, 6.07) is 7.43. The van der Waals surface area contributed by atoms with Gasteiger partial charge in [0, 0.05) is 32.4 Å². The molecule has 0 saturated carbocycles. The molecular formula is C21H29N3O4. The highest BCUT2D eigenvalue weighted by Gasteiger charge is 2.67. The maximum atomic E-state index is 13.1. The number of carbonyl (C=O) groups excluding carboxylic acids is 3. The molecule has 0 radical (unpaired) electrons. The molecule has 2 saturated heterocycles. The lowest BCUT2D eigenvalue weighted by Crippen LogP contribution is -2.56. The molecule has 3 rings (SSSR count). The molecular weight excluding hydrogens is 358 g/mol. The van der Waals surface area contributed by atoms with Crippen molar-refractivity contribution in [2.24, 2.45) is 11.8 Å². The van der Waals surface area contributed by atoms with Crippen LogP contribution in [0.1, 0.15) is 38.8 Å². The van der Waals surface area contributed by atoms with Crippen LogP contribution in [0.25, 0.3) is 0 Å². The Morgan fingerprint density at radius 2 is 1.79 bits per heavy atom. The summed E-state index contributed by atoms with van der Waals surface area (Å²) < 4.78 is 5.33. The van der Waals surface area contributed by atoms with Crippen LogP contribution >= 0.6 is 0 Å². The second kappa shape index (κ2) is 7.54.